The molecule has 0 aliphatic rings. The molecule has 0 spiro atoms. The first-order valence-corrected chi connectivity index (χ1v) is 9.89. The average molecular weight is 394 g/mol. The van der Waals surface area contributed by atoms with Crippen LogP contribution in [0.4, 0.5) is 4.39 Å². The van der Waals surface area contributed by atoms with Gasteiger partial charge in [-0.2, -0.15) is 0 Å². The van der Waals surface area contributed by atoms with Gasteiger partial charge >= 0.3 is 0 Å². The second-order valence-corrected chi connectivity index (χ2v) is 8.10. The molecular formula is C19H23FN2O4S. The summed E-state index contributed by atoms with van der Waals surface area (Å²) in [6.07, 6.45) is 0. The number of ether oxygens (including phenoxy) is 1. The van der Waals surface area contributed by atoms with Gasteiger partial charge in [-0.3, -0.25) is 4.79 Å². The van der Waals surface area contributed by atoms with Crippen molar-refractivity contribution < 1.29 is 22.3 Å². The summed E-state index contributed by atoms with van der Waals surface area (Å²) in [5.41, 5.74) is 0.745. The Hall–Kier alpha value is -2.45. The van der Waals surface area contributed by atoms with Gasteiger partial charge in [0.2, 0.25) is 10.0 Å². The van der Waals surface area contributed by atoms with E-state index >= 15 is 0 Å². The van der Waals surface area contributed by atoms with E-state index in [1.54, 1.807) is 20.8 Å². The zero-order valence-corrected chi connectivity index (χ0v) is 16.4. The van der Waals surface area contributed by atoms with Crippen molar-refractivity contribution in [3.05, 3.63) is 59.4 Å². The molecule has 0 saturated carbocycles. The van der Waals surface area contributed by atoms with Crippen LogP contribution in [0.1, 0.15) is 42.7 Å². The first-order chi connectivity index (χ1) is 12.6. The van der Waals surface area contributed by atoms with Gasteiger partial charge in [0.15, 0.2) is 0 Å². The zero-order valence-electron chi connectivity index (χ0n) is 15.6. The summed E-state index contributed by atoms with van der Waals surface area (Å²) < 4.78 is 46.2. The highest BCUT2D eigenvalue weighted by Crippen LogP contribution is 2.24. The van der Waals surface area contributed by atoms with Gasteiger partial charge in [0.1, 0.15) is 11.6 Å². The Morgan fingerprint density at radius 2 is 1.70 bits per heavy atom. The van der Waals surface area contributed by atoms with Crippen LogP contribution < -0.4 is 14.8 Å². The first-order valence-electron chi connectivity index (χ1n) is 8.40. The molecule has 0 heterocycles. The van der Waals surface area contributed by atoms with Crippen LogP contribution in [0.3, 0.4) is 0 Å². The molecule has 1 amide bonds. The Labute approximate surface area is 158 Å². The second-order valence-electron chi connectivity index (χ2n) is 6.38. The SMILES string of the molecule is COc1ccc(S(=O)(=O)N[C@H](C)c2ccc(F)cc2)cc1C(=O)NC(C)C. The molecule has 0 unspecified atom stereocenters. The highest BCUT2D eigenvalue weighted by molar-refractivity contribution is 7.89. The molecule has 2 rings (SSSR count). The lowest BCUT2D eigenvalue weighted by atomic mass is 10.1. The highest BCUT2D eigenvalue weighted by atomic mass is 32.2. The Balaban J connectivity index is 2.32. The number of sulfonamides is 1. The van der Waals surface area contributed by atoms with Crippen LogP contribution in [0.2, 0.25) is 0 Å². The summed E-state index contributed by atoms with van der Waals surface area (Å²) in [5, 5.41) is 2.71. The van der Waals surface area contributed by atoms with E-state index in [0.717, 1.165) is 0 Å². The van der Waals surface area contributed by atoms with E-state index in [1.807, 2.05) is 0 Å². The van der Waals surface area contributed by atoms with Crippen molar-refractivity contribution in [1.82, 2.24) is 10.0 Å². The van der Waals surface area contributed by atoms with E-state index in [-0.39, 0.29) is 22.3 Å². The Morgan fingerprint density at radius 1 is 1.07 bits per heavy atom. The number of hydrogen-bond donors (Lipinski definition) is 2. The molecule has 2 aromatic carbocycles. The van der Waals surface area contributed by atoms with E-state index in [9.17, 15) is 17.6 Å². The van der Waals surface area contributed by atoms with Crippen LogP contribution in [0.5, 0.6) is 5.75 Å². The van der Waals surface area contributed by atoms with Gasteiger partial charge in [0.05, 0.1) is 17.6 Å². The molecule has 0 aliphatic heterocycles. The average Bonchev–Trinajstić information content (AvgIpc) is 2.60. The second kappa shape index (κ2) is 8.49. The number of benzene rings is 2. The summed E-state index contributed by atoms with van der Waals surface area (Å²) >= 11 is 0. The summed E-state index contributed by atoms with van der Waals surface area (Å²) in [5.74, 6) is -0.547. The molecule has 0 radical (unpaired) electrons. The summed E-state index contributed by atoms with van der Waals surface area (Å²) in [7, 11) is -2.50. The molecular weight excluding hydrogens is 371 g/mol. The quantitative estimate of drug-likeness (QED) is 0.756. The van der Waals surface area contributed by atoms with Gasteiger partial charge in [0.25, 0.3) is 5.91 Å². The minimum absolute atomic E-state index is 0.0637. The smallest absolute Gasteiger partial charge is 0.255 e. The van der Waals surface area contributed by atoms with Crippen molar-refractivity contribution in [1.29, 1.82) is 0 Å². The van der Waals surface area contributed by atoms with Crippen molar-refractivity contribution in [2.75, 3.05) is 7.11 Å². The predicted molar refractivity (Wildman–Crippen MR) is 101 cm³/mol. The molecule has 2 aromatic rings. The maximum absolute atomic E-state index is 13.0. The lowest BCUT2D eigenvalue weighted by Gasteiger charge is -2.16. The predicted octanol–water partition coefficient (Wildman–Crippen LogP) is 3.01. The van der Waals surface area contributed by atoms with E-state index < -0.39 is 27.8 Å². The van der Waals surface area contributed by atoms with Crippen molar-refractivity contribution >= 4 is 15.9 Å². The molecule has 1 atom stereocenters. The fraction of sp³-hybridized carbons (Fsp3) is 0.316. The molecule has 8 heteroatoms. The standard InChI is InChI=1S/C19H23FN2O4S/c1-12(2)21-19(23)17-11-16(9-10-18(17)26-4)27(24,25)22-13(3)14-5-7-15(20)8-6-14/h5-13,22H,1-4H3,(H,21,23)/t13-/m1/s1. The van der Waals surface area contributed by atoms with Crippen LogP contribution in [-0.2, 0) is 10.0 Å². The summed E-state index contributed by atoms with van der Waals surface area (Å²) in [6, 6.07) is 8.94. The lowest BCUT2D eigenvalue weighted by molar-refractivity contribution is 0.0940. The molecule has 146 valence electrons. The number of carbonyl (C=O) groups excluding carboxylic acids is 1. The number of rotatable bonds is 7. The van der Waals surface area contributed by atoms with Crippen LogP contribution in [-0.4, -0.2) is 27.5 Å². The maximum atomic E-state index is 13.0. The van der Waals surface area contributed by atoms with Crippen molar-refractivity contribution in [2.24, 2.45) is 0 Å². The topological polar surface area (TPSA) is 84.5 Å². The van der Waals surface area contributed by atoms with E-state index in [4.69, 9.17) is 4.74 Å². The lowest BCUT2D eigenvalue weighted by Crippen LogP contribution is -2.31. The fourth-order valence-electron chi connectivity index (χ4n) is 2.49. The number of hydrogen-bond acceptors (Lipinski definition) is 4. The molecule has 0 aliphatic carbocycles. The number of halogens is 1. The number of amides is 1. The maximum Gasteiger partial charge on any atom is 0.255 e. The number of methoxy groups -OCH3 is 1. The summed E-state index contributed by atoms with van der Waals surface area (Å²) in [6.45, 7) is 5.26. The van der Waals surface area contributed by atoms with Crippen LogP contribution in [0, 0.1) is 5.82 Å². The van der Waals surface area contributed by atoms with Crippen LogP contribution >= 0.6 is 0 Å². The van der Waals surface area contributed by atoms with E-state index in [1.165, 1.54) is 49.6 Å². The largest absolute Gasteiger partial charge is 0.496 e. The highest BCUT2D eigenvalue weighted by Gasteiger charge is 2.22. The molecule has 2 N–H and O–H groups in total. The molecule has 27 heavy (non-hydrogen) atoms. The Kier molecular flexibility index (Phi) is 6.56. The Morgan fingerprint density at radius 3 is 2.26 bits per heavy atom. The van der Waals surface area contributed by atoms with Gasteiger partial charge in [0, 0.05) is 12.1 Å². The third-order valence-electron chi connectivity index (χ3n) is 3.85. The third-order valence-corrected chi connectivity index (χ3v) is 5.39. The molecule has 0 saturated heterocycles. The van der Waals surface area contributed by atoms with Crippen LogP contribution in [0.25, 0.3) is 0 Å². The van der Waals surface area contributed by atoms with Crippen molar-refractivity contribution in [3.63, 3.8) is 0 Å². The third kappa shape index (κ3) is 5.27. The van der Waals surface area contributed by atoms with E-state index in [2.05, 4.69) is 10.0 Å². The van der Waals surface area contributed by atoms with Crippen molar-refractivity contribution in [2.45, 2.75) is 37.8 Å². The van der Waals surface area contributed by atoms with Gasteiger partial charge in [-0.15, -0.1) is 0 Å². The molecule has 6 nitrogen and oxygen atoms in total. The number of carbonyl (C=O) groups is 1. The van der Waals surface area contributed by atoms with Crippen molar-refractivity contribution in [3.8, 4) is 5.75 Å². The van der Waals surface area contributed by atoms with Gasteiger partial charge < -0.3 is 10.1 Å². The van der Waals surface area contributed by atoms with Gasteiger partial charge in [-0.25, -0.2) is 17.5 Å². The summed E-state index contributed by atoms with van der Waals surface area (Å²) in [4.78, 5) is 12.3. The minimum atomic E-state index is -3.91. The molecule has 0 bridgehead atoms. The Bertz CT molecular complexity index is 912. The van der Waals surface area contributed by atoms with Gasteiger partial charge in [-0.1, -0.05) is 12.1 Å². The first kappa shape index (κ1) is 20.9. The zero-order chi connectivity index (χ0) is 20.2. The van der Waals surface area contributed by atoms with Crippen LogP contribution in [0.15, 0.2) is 47.4 Å². The monoisotopic (exact) mass is 394 g/mol. The minimum Gasteiger partial charge on any atom is -0.496 e. The molecule has 0 aromatic heterocycles. The number of nitrogens with one attached hydrogen (secondary N) is 2. The van der Waals surface area contributed by atoms with Gasteiger partial charge in [-0.05, 0) is 56.7 Å². The normalized spacial score (nSPS) is 12.7. The van der Waals surface area contributed by atoms with E-state index in [0.29, 0.717) is 5.56 Å². The fourth-order valence-corrected chi connectivity index (χ4v) is 3.75. The molecule has 0 fully saturated rings.